The first-order valence-corrected chi connectivity index (χ1v) is 6.24. The van der Waals surface area contributed by atoms with Crippen LogP contribution in [0.4, 0.5) is 5.82 Å². The maximum absolute atomic E-state index is 5.82. The fourth-order valence-corrected chi connectivity index (χ4v) is 2.42. The van der Waals surface area contributed by atoms with Crippen molar-refractivity contribution in [3.63, 3.8) is 0 Å². The minimum atomic E-state index is 0.167. The molecule has 1 heterocycles. The number of nitrogens with one attached hydrogen (secondary N) is 1. The molecule has 1 saturated carbocycles. The number of hydrogen-bond acceptors (Lipinski definition) is 3. The number of aryl methyl sites for hydroxylation is 1. The van der Waals surface area contributed by atoms with Crippen molar-refractivity contribution in [2.24, 2.45) is 0 Å². The molecule has 0 radical (unpaired) electrons. The zero-order chi connectivity index (χ0) is 11.6. The van der Waals surface area contributed by atoms with Gasteiger partial charge in [-0.1, -0.05) is 19.3 Å². The van der Waals surface area contributed by atoms with Crippen molar-refractivity contribution >= 4 is 17.4 Å². The largest absolute Gasteiger partial charge is 0.365 e. The Morgan fingerprint density at radius 2 is 2.00 bits per heavy atom. The summed E-state index contributed by atoms with van der Waals surface area (Å²) in [7, 11) is 0. The molecule has 0 bridgehead atoms. The van der Waals surface area contributed by atoms with Crippen LogP contribution in [0.25, 0.3) is 0 Å². The molecule has 0 spiro atoms. The Morgan fingerprint density at radius 3 is 2.69 bits per heavy atom. The first-order valence-electron chi connectivity index (χ1n) is 5.86. The molecular weight excluding hydrogens is 222 g/mol. The second kappa shape index (κ2) is 4.58. The highest BCUT2D eigenvalue weighted by atomic mass is 35.5. The average Bonchev–Trinajstić information content (AvgIpc) is 2.24. The van der Waals surface area contributed by atoms with E-state index in [0.29, 0.717) is 5.28 Å². The summed E-state index contributed by atoms with van der Waals surface area (Å²) in [5.41, 5.74) is 1.22. The van der Waals surface area contributed by atoms with Crippen LogP contribution in [0.1, 0.15) is 44.6 Å². The summed E-state index contributed by atoms with van der Waals surface area (Å²) in [5, 5.41) is 3.84. The van der Waals surface area contributed by atoms with Gasteiger partial charge < -0.3 is 5.32 Å². The molecule has 1 aliphatic carbocycles. The van der Waals surface area contributed by atoms with Gasteiger partial charge in [-0.2, -0.15) is 0 Å². The van der Waals surface area contributed by atoms with Crippen LogP contribution in [0.15, 0.2) is 6.20 Å². The summed E-state index contributed by atoms with van der Waals surface area (Å²) in [6.07, 6.45) is 8.11. The summed E-state index contributed by atoms with van der Waals surface area (Å²) in [6, 6.07) is 0. The molecular formula is C12H18ClN3. The number of anilines is 1. The topological polar surface area (TPSA) is 37.8 Å². The van der Waals surface area contributed by atoms with Crippen molar-refractivity contribution < 1.29 is 0 Å². The molecule has 1 aliphatic rings. The van der Waals surface area contributed by atoms with Gasteiger partial charge in [-0.15, -0.1) is 0 Å². The molecule has 0 saturated heterocycles. The Balaban J connectivity index is 2.15. The minimum Gasteiger partial charge on any atom is -0.365 e. The smallest absolute Gasteiger partial charge is 0.224 e. The van der Waals surface area contributed by atoms with Gasteiger partial charge in [-0.25, -0.2) is 9.97 Å². The molecule has 0 aliphatic heterocycles. The van der Waals surface area contributed by atoms with Crippen LogP contribution in [0, 0.1) is 6.92 Å². The second-order valence-corrected chi connectivity index (χ2v) is 5.26. The van der Waals surface area contributed by atoms with Crippen molar-refractivity contribution in [3.05, 3.63) is 17.0 Å². The second-order valence-electron chi connectivity index (χ2n) is 4.92. The average molecular weight is 240 g/mol. The quantitative estimate of drug-likeness (QED) is 0.802. The molecule has 1 aromatic heterocycles. The van der Waals surface area contributed by atoms with E-state index in [-0.39, 0.29) is 5.54 Å². The van der Waals surface area contributed by atoms with Crippen LogP contribution in [0.2, 0.25) is 5.28 Å². The maximum Gasteiger partial charge on any atom is 0.224 e. The Labute approximate surface area is 102 Å². The van der Waals surface area contributed by atoms with Crippen LogP contribution in [0.5, 0.6) is 0 Å². The number of nitrogens with zero attached hydrogens (tertiary/aromatic N) is 2. The van der Waals surface area contributed by atoms with Crippen molar-refractivity contribution in [3.8, 4) is 0 Å². The molecule has 16 heavy (non-hydrogen) atoms. The Hall–Kier alpha value is -0.830. The number of rotatable bonds is 2. The molecule has 0 aromatic carbocycles. The highest BCUT2D eigenvalue weighted by Crippen LogP contribution is 2.31. The van der Waals surface area contributed by atoms with E-state index in [0.717, 1.165) is 11.4 Å². The van der Waals surface area contributed by atoms with E-state index in [9.17, 15) is 0 Å². The monoisotopic (exact) mass is 239 g/mol. The fourth-order valence-electron chi connectivity index (χ4n) is 2.29. The first kappa shape index (κ1) is 11.6. The third-order valence-corrected chi connectivity index (χ3v) is 3.50. The van der Waals surface area contributed by atoms with E-state index in [1.54, 1.807) is 6.20 Å². The summed E-state index contributed by atoms with van der Waals surface area (Å²) in [5.74, 6) is 0.879. The molecule has 0 amide bonds. The summed E-state index contributed by atoms with van der Waals surface area (Å²) in [4.78, 5) is 8.22. The van der Waals surface area contributed by atoms with E-state index >= 15 is 0 Å². The highest BCUT2D eigenvalue weighted by molar-refractivity contribution is 6.28. The zero-order valence-electron chi connectivity index (χ0n) is 9.89. The Morgan fingerprint density at radius 1 is 1.31 bits per heavy atom. The third-order valence-electron chi connectivity index (χ3n) is 3.32. The standard InChI is InChI=1S/C12H18ClN3/c1-9-8-14-11(13)15-10(9)16-12(2)6-4-3-5-7-12/h8H,3-7H2,1-2H3,(H,14,15,16). The van der Waals surface area contributed by atoms with Crippen LogP contribution in [-0.4, -0.2) is 15.5 Å². The molecule has 0 atom stereocenters. The van der Waals surface area contributed by atoms with Crippen LogP contribution < -0.4 is 5.32 Å². The predicted molar refractivity (Wildman–Crippen MR) is 66.9 cm³/mol. The Kier molecular flexibility index (Phi) is 3.33. The van der Waals surface area contributed by atoms with Crippen LogP contribution in [0.3, 0.4) is 0 Å². The lowest BCUT2D eigenvalue weighted by Crippen LogP contribution is -2.37. The van der Waals surface area contributed by atoms with E-state index in [2.05, 4.69) is 22.2 Å². The van der Waals surface area contributed by atoms with Gasteiger partial charge in [-0.05, 0) is 38.3 Å². The van der Waals surface area contributed by atoms with Gasteiger partial charge in [0, 0.05) is 17.3 Å². The van der Waals surface area contributed by atoms with Crippen LogP contribution in [-0.2, 0) is 0 Å². The van der Waals surface area contributed by atoms with Gasteiger partial charge in [0.15, 0.2) is 0 Å². The van der Waals surface area contributed by atoms with E-state index in [1.807, 2.05) is 6.92 Å². The maximum atomic E-state index is 5.82. The van der Waals surface area contributed by atoms with Gasteiger partial charge in [0.25, 0.3) is 0 Å². The van der Waals surface area contributed by atoms with Gasteiger partial charge in [0.2, 0.25) is 5.28 Å². The fraction of sp³-hybridized carbons (Fsp3) is 0.667. The van der Waals surface area contributed by atoms with Crippen molar-refractivity contribution in [1.29, 1.82) is 0 Å². The van der Waals surface area contributed by atoms with Gasteiger partial charge >= 0.3 is 0 Å². The normalized spacial score (nSPS) is 19.4. The summed E-state index contributed by atoms with van der Waals surface area (Å²) < 4.78 is 0. The third kappa shape index (κ3) is 2.64. The van der Waals surface area contributed by atoms with E-state index < -0.39 is 0 Å². The molecule has 88 valence electrons. The van der Waals surface area contributed by atoms with Gasteiger partial charge in [0.05, 0.1) is 0 Å². The number of hydrogen-bond donors (Lipinski definition) is 1. The minimum absolute atomic E-state index is 0.167. The number of halogens is 1. The highest BCUT2D eigenvalue weighted by Gasteiger charge is 2.27. The lowest BCUT2D eigenvalue weighted by Gasteiger charge is -2.35. The molecule has 0 unspecified atom stereocenters. The summed E-state index contributed by atoms with van der Waals surface area (Å²) >= 11 is 5.82. The number of aromatic nitrogens is 2. The lowest BCUT2D eigenvalue weighted by atomic mass is 9.83. The lowest BCUT2D eigenvalue weighted by molar-refractivity contribution is 0.348. The molecule has 1 fully saturated rings. The van der Waals surface area contributed by atoms with Crippen LogP contribution >= 0.6 is 11.6 Å². The van der Waals surface area contributed by atoms with Crippen molar-refractivity contribution in [1.82, 2.24) is 9.97 Å². The first-order chi connectivity index (χ1) is 7.59. The molecule has 3 nitrogen and oxygen atoms in total. The SMILES string of the molecule is Cc1cnc(Cl)nc1NC1(C)CCCCC1. The summed E-state index contributed by atoms with van der Waals surface area (Å²) in [6.45, 7) is 4.27. The molecule has 2 rings (SSSR count). The van der Waals surface area contributed by atoms with Crippen molar-refractivity contribution in [2.45, 2.75) is 51.5 Å². The van der Waals surface area contributed by atoms with E-state index in [1.165, 1.54) is 32.1 Å². The molecule has 1 N–H and O–H groups in total. The van der Waals surface area contributed by atoms with Crippen molar-refractivity contribution in [2.75, 3.05) is 5.32 Å². The molecule has 4 heteroatoms. The predicted octanol–water partition coefficient (Wildman–Crippen LogP) is 3.57. The van der Waals surface area contributed by atoms with E-state index in [4.69, 9.17) is 11.6 Å². The molecule has 1 aromatic rings. The van der Waals surface area contributed by atoms with Gasteiger partial charge in [0.1, 0.15) is 5.82 Å². The Bertz CT molecular complexity index is 373. The zero-order valence-corrected chi connectivity index (χ0v) is 10.6. The van der Waals surface area contributed by atoms with Gasteiger partial charge in [-0.3, -0.25) is 0 Å².